The highest BCUT2D eigenvalue weighted by atomic mass is 35.5. The Morgan fingerprint density at radius 2 is 2.00 bits per heavy atom. The van der Waals surface area contributed by atoms with Gasteiger partial charge in [0.1, 0.15) is 5.75 Å². The summed E-state index contributed by atoms with van der Waals surface area (Å²) in [5.41, 5.74) is 1.28. The van der Waals surface area contributed by atoms with Gasteiger partial charge < -0.3 is 10.1 Å². The molecule has 0 bridgehead atoms. The van der Waals surface area contributed by atoms with Crippen LogP contribution >= 0.6 is 24.8 Å². The lowest BCUT2D eigenvalue weighted by Gasteiger charge is -2.35. The maximum Gasteiger partial charge on any atom is 0.308 e. The molecule has 0 unspecified atom stereocenters. The minimum atomic E-state index is -0.256. The molecule has 1 aromatic rings. The van der Waals surface area contributed by atoms with Crippen molar-refractivity contribution < 1.29 is 9.53 Å². The van der Waals surface area contributed by atoms with E-state index in [1.165, 1.54) is 31.7 Å². The van der Waals surface area contributed by atoms with Gasteiger partial charge in [0.25, 0.3) is 0 Å². The summed E-state index contributed by atoms with van der Waals surface area (Å²) in [7, 11) is 0. The summed E-state index contributed by atoms with van der Waals surface area (Å²) in [6.45, 7) is 5.75. The van der Waals surface area contributed by atoms with Crippen LogP contribution in [0.15, 0.2) is 24.3 Å². The first-order valence-electron chi connectivity index (χ1n) is 7.95. The molecular formula is C17H26Cl2N2O2. The average Bonchev–Trinajstić information content (AvgIpc) is 3.29. The van der Waals surface area contributed by atoms with Crippen LogP contribution < -0.4 is 10.1 Å². The predicted octanol–water partition coefficient (Wildman–Crippen LogP) is 3.20. The van der Waals surface area contributed by atoms with Gasteiger partial charge in [-0.1, -0.05) is 25.0 Å². The SMILES string of the molecule is CC(=O)Oc1cccc([C@H](CC2CC2)N2CCNCC2)c1.Cl.Cl. The number of hydrogen-bond donors (Lipinski definition) is 1. The zero-order valence-electron chi connectivity index (χ0n) is 13.5. The number of halogens is 2. The summed E-state index contributed by atoms with van der Waals surface area (Å²) in [6.07, 6.45) is 3.96. The molecule has 2 aliphatic rings. The molecule has 1 saturated carbocycles. The van der Waals surface area contributed by atoms with E-state index in [0.717, 1.165) is 32.1 Å². The third kappa shape index (κ3) is 5.96. The van der Waals surface area contributed by atoms with E-state index in [1.807, 2.05) is 18.2 Å². The lowest BCUT2D eigenvalue weighted by atomic mass is 9.98. The molecule has 0 aromatic heterocycles. The van der Waals surface area contributed by atoms with Gasteiger partial charge in [-0.2, -0.15) is 0 Å². The van der Waals surface area contributed by atoms with E-state index in [0.29, 0.717) is 11.8 Å². The third-order valence-corrected chi connectivity index (χ3v) is 4.35. The summed E-state index contributed by atoms with van der Waals surface area (Å²) in [6, 6.07) is 8.51. The van der Waals surface area contributed by atoms with Gasteiger partial charge in [0.15, 0.2) is 0 Å². The predicted molar refractivity (Wildman–Crippen MR) is 96.8 cm³/mol. The van der Waals surface area contributed by atoms with Crippen LogP contribution in [0.1, 0.15) is 37.8 Å². The first kappa shape index (κ1) is 20.2. The van der Waals surface area contributed by atoms with Gasteiger partial charge in [-0.3, -0.25) is 9.69 Å². The zero-order valence-corrected chi connectivity index (χ0v) is 15.1. The van der Waals surface area contributed by atoms with Crippen molar-refractivity contribution >= 4 is 30.8 Å². The Bertz CT molecular complexity index is 503. The molecular weight excluding hydrogens is 335 g/mol. The van der Waals surface area contributed by atoms with Crippen molar-refractivity contribution in [1.82, 2.24) is 10.2 Å². The largest absolute Gasteiger partial charge is 0.427 e. The number of ether oxygens (including phenoxy) is 1. The maximum atomic E-state index is 11.1. The van der Waals surface area contributed by atoms with Crippen molar-refractivity contribution in [2.75, 3.05) is 26.2 Å². The van der Waals surface area contributed by atoms with E-state index in [1.54, 1.807) is 0 Å². The van der Waals surface area contributed by atoms with Gasteiger partial charge in [-0.15, -0.1) is 24.8 Å². The number of carbonyl (C=O) groups excluding carboxylic acids is 1. The van der Waals surface area contributed by atoms with Crippen LogP contribution in [0.5, 0.6) is 5.75 Å². The molecule has 1 heterocycles. The number of piperazine rings is 1. The van der Waals surface area contributed by atoms with Crippen LogP contribution in [0, 0.1) is 5.92 Å². The van der Waals surface area contributed by atoms with Crippen molar-refractivity contribution in [2.24, 2.45) is 5.92 Å². The van der Waals surface area contributed by atoms with Gasteiger partial charge >= 0.3 is 5.97 Å². The van der Waals surface area contributed by atoms with E-state index in [9.17, 15) is 4.79 Å². The number of carbonyl (C=O) groups is 1. The molecule has 1 aromatic carbocycles. The molecule has 2 fully saturated rings. The van der Waals surface area contributed by atoms with Gasteiger partial charge in [0, 0.05) is 39.1 Å². The summed E-state index contributed by atoms with van der Waals surface area (Å²) < 4.78 is 5.24. The Hall–Kier alpha value is -0.810. The molecule has 1 atom stereocenters. The van der Waals surface area contributed by atoms with Gasteiger partial charge in [-0.05, 0) is 30.0 Å². The normalized spacial score (nSPS) is 19.2. The Balaban J connectivity index is 0.00000132. The smallest absolute Gasteiger partial charge is 0.308 e. The van der Waals surface area contributed by atoms with Crippen molar-refractivity contribution in [2.45, 2.75) is 32.2 Å². The van der Waals surface area contributed by atoms with E-state index in [4.69, 9.17) is 4.74 Å². The van der Waals surface area contributed by atoms with E-state index in [2.05, 4.69) is 16.3 Å². The summed E-state index contributed by atoms with van der Waals surface area (Å²) in [5, 5.41) is 3.42. The highest BCUT2D eigenvalue weighted by Gasteiger charge is 2.30. The fourth-order valence-corrected chi connectivity index (χ4v) is 3.11. The first-order chi connectivity index (χ1) is 10.2. The molecule has 0 amide bonds. The second-order valence-electron chi connectivity index (χ2n) is 6.15. The Labute approximate surface area is 150 Å². The second kappa shape index (κ2) is 9.48. The van der Waals surface area contributed by atoms with E-state index in [-0.39, 0.29) is 30.8 Å². The van der Waals surface area contributed by atoms with Crippen molar-refractivity contribution in [1.29, 1.82) is 0 Å². The number of hydrogen-bond acceptors (Lipinski definition) is 4. The maximum absolute atomic E-state index is 11.1. The summed E-state index contributed by atoms with van der Waals surface area (Å²) >= 11 is 0. The molecule has 6 heteroatoms. The lowest BCUT2D eigenvalue weighted by Crippen LogP contribution is -2.45. The average molecular weight is 361 g/mol. The van der Waals surface area contributed by atoms with Crippen LogP contribution in [-0.4, -0.2) is 37.0 Å². The van der Waals surface area contributed by atoms with Crippen molar-refractivity contribution in [3.63, 3.8) is 0 Å². The first-order valence-corrected chi connectivity index (χ1v) is 7.95. The minimum Gasteiger partial charge on any atom is -0.427 e. The number of esters is 1. The van der Waals surface area contributed by atoms with Crippen LogP contribution in [-0.2, 0) is 4.79 Å². The van der Waals surface area contributed by atoms with Crippen LogP contribution in [0.2, 0.25) is 0 Å². The molecule has 0 spiro atoms. The Kier molecular flexibility index (Phi) is 8.34. The van der Waals surface area contributed by atoms with E-state index < -0.39 is 0 Å². The monoisotopic (exact) mass is 360 g/mol. The van der Waals surface area contributed by atoms with Crippen LogP contribution in [0.4, 0.5) is 0 Å². The molecule has 1 saturated heterocycles. The highest BCUT2D eigenvalue weighted by Crippen LogP contribution is 2.40. The molecule has 0 radical (unpaired) electrons. The van der Waals surface area contributed by atoms with Gasteiger partial charge in [-0.25, -0.2) is 0 Å². The minimum absolute atomic E-state index is 0. The number of nitrogens with zero attached hydrogens (tertiary/aromatic N) is 1. The number of nitrogens with one attached hydrogen (secondary N) is 1. The summed E-state index contributed by atoms with van der Waals surface area (Å²) in [4.78, 5) is 13.7. The molecule has 130 valence electrons. The van der Waals surface area contributed by atoms with Crippen LogP contribution in [0.25, 0.3) is 0 Å². The molecule has 1 aliphatic carbocycles. The third-order valence-electron chi connectivity index (χ3n) is 4.35. The van der Waals surface area contributed by atoms with Crippen LogP contribution in [0.3, 0.4) is 0 Å². The lowest BCUT2D eigenvalue weighted by molar-refractivity contribution is -0.131. The van der Waals surface area contributed by atoms with Gasteiger partial charge in [0.2, 0.25) is 0 Å². The fraction of sp³-hybridized carbons (Fsp3) is 0.588. The molecule has 1 N–H and O–H groups in total. The fourth-order valence-electron chi connectivity index (χ4n) is 3.11. The van der Waals surface area contributed by atoms with Crippen molar-refractivity contribution in [3.8, 4) is 5.75 Å². The number of benzene rings is 1. The summed E-state index contributed by atoms with van der Waals surface area (Å²) in [5.74, 6) is 1.28. The molecule has 1 aliphatic heterocycles. The zero-order chi connectivity index (χ0) is 14.7. The molecule has 3 rings (SSSR count). The van der Waals surface area contributed by atoms with Gasteiger partial charge in [0.05, 0.1) is 0 Å². The second-order valence-corrected chi connectivity index (χ2v) is 6.15. The van der Waals surface area contributed by atoms with Crippen molar-refractivity contribution in [3.05, 3.63) is 29.8 Å². The quantitative estimate of drug-likeness (QED) is 0.646. The molecule has 23 heavy (non-hydrogen) atoms. The number of rotatable bonds is 5. The highest BCUT2D eigenvalue weighted by molar-refractivity contribution is 5.85. The Morgan fingerprint density at radius 1 is 1.30 bits per heavy atom. The standard InChI is InChI=1S/C17H24N2O2.2ClH/c1-13(20)21-16-4-2-3-15(12-16)17(11-14-5-6-14)19-9-7-18-8-10-19;;/h2-4,12,14,17-18H,5-11H2,1H3;2*1H/t17-;;/m0../s1. The Morgan fingerprint density at radius 3 is 2.61 bits per heavy atom. The topological polar surface area (TPSA) is 41.6 Å². The molecule has 4 nitrogen and oxygen atoms in total. The van der Waals surface area contributed by atoms with E-state index >= 15 is 0 Å².